The minimum absolute atomic E-state index is 0.00358. The van der Waals surface area contributed by atoms with Gasteiger partial charge in [-0.15, -0.1) is 0 Å². The lowest BCUT2D eigenvalue weighted by Gasteiger charge is -2.29. The van der Waals surface area contributed by atoms with Gasteiger partial charge in [0.25, 0.3) is 7.82 Å². The number of unbranched alkanes of at least 4 members (excludes halogenated alkanes) is 38. The summed E-state index contributed by atoms with van der Waals surface area (Å²) in [5, 5.41) is 14.0. The fraction of sp³-hybridized carbons (Fsp3) is 0.812. The van der Waals surface area contributed by atoms with Gasteiger partial charge in [0, 0.05) is 6.42 Å². The summed E-state index contributed by atoms with van der Waals surface area (Å²) in [6.07, 6.45) is 82.9. The third-order valence-electron chi connectivity index (χ3n) is 14.9. The number of carbonyl (C=O) groups is 1. The molecule has 0 aromatic heterocycles. The van der Waals surface area contributed by atoms with Gasteiger partial charge in [-0.05, 0) is 64.2 Å². The van der Waals surface area contributed by atoms with Gasteiger partial charge in [0.2, 0.25) is 5.91 Å². The monoisotopic (exact) mass is 1110 g/mol. The maximum atomic E-state index is 13.0. The molecule has 0 fully saturated rings. The van der Waals surface area contributed by atoms with Crippen molar-refractivity contribution in [3.8, 4) is 0 Å². The Bertz CT molecular complexity index is 1500. The molecular weight excluding hydrogens is 984 g/mol. The number of phosphoric ester groups is 1. The van der Waals surface area contributed by atoms with Crippen molar-refractivity contribution < 1.29 is 32.9 Å². The fourth-order valence-corrected chi connectivity index (χ4v) is 10.5. The molecule has 8 nitrogen and oxygen atoms in total. The molecule has 0 aliphatic carbocycles. The third kappa shape index (κ3) is 61.6. The number of likely N-dealkylation sites (N-methyl/N-ethyl adjacent to an activating group) is 1. The summed E-state index contributed by atoms with van der Waals surface area (Å²) in [6.45, 7) is 4.57. The molecule has 3 atom stereocenters. The lowest BCUT2D eigenvalue weighted by molar-refractivity contribution is -0.870. The largest absolute Gasteiger partial charge is 0.756 e. The second kappa shape index (κ2) is 59.6. The molecule has 9 heteroatoms. The van der Waals surface area contributed by atoms with Crippen LogP contribution in [0.15, 0.2) is 72.9 Å². The van der Waals surface area contributed by atoms with Gasteiger partial charge in [0.1, 0.15) is 13.2 Å². The first-order chi connectivity index (χ1) is 38.0. The van der Waals surface area contributed by atoms with E-state index in [1.165, 1.54) is 218 Å². The van der Waals surface area contributed by atoms with Crippen LogP contribution in [-0.2, 0) is 18.4 Å². The second-order valence-corrected chi connectivity index (χ2v) is 25.2. The summed E-state index contributed by atoms with van der Waals surface area (Å²) in [5.41, 5.74) is 0. The van der Waals surface area contributed by atoms with Crippen molar-refractivity contribution in [2.75, 3.05) is 40.9 Å². The average Bonchev–Trinajstić information content (AvgIpc) is 3.41. The van der Waals surface area contributed by atoms with E-state index in [-0.39, 0.29) is 19.1 Å². The fourth-order valence-electron chi connectivity index (χ4n) is 9.77. The lowest BCUT2D eigenvalue weighted by Crippen LogP contribution is -2.45. The van der Waals surface area contributed by atoms with Crippen LogP contribution in [0.3, 0.4) is 0 Å². The lowest BCUT2D eigenvalue weighted by atomic mass is 10.0. The van der Waals surface area contributed by atoms with E-state index < -0.39 is 20.0 Å². The number of amides is 1. The summed E-state index contributed by atoms with van der Waals surface area (Å²) in [6, 6.07) is -0.894. The molecular formula is C69H129N2O6P. The molecule has 3 unspecified atom stereocenters. The van der Waals surface area contributed by atoms with Crippen LogP contribution in [0.4, 0.5) is 0 Å². The highest BCUT2D eigenvalue weighted by molar-refractivity contribution is 7.45. The molecule has 0 spiro atoms. The van der Waals surface area contributed by atoms with E-state index in [0.29, 0.717) is 17.4 Å². The van der Waals surface area contributed by atoms with Gasteiger partial charge >= 0.3 is 0 Å². The molecule has 2 N–H and O–H groups in total. The molecule has 0 aliphatic heterocycles. The number of hydrogen-bond donors (Lipinski definition) is 2. The summed E-state index contributed by atoms with van der Waals surface area (Å²) in [5.74, 6) is -0.199. The van der Waals surface area contributed by atoms with E-state index in [4.69, 9.17) is 9.05 Å². The van der Waals surface area contributed by atoms with Gasteiger partial charge in [-0.1, -0.05) is 311 Å². The second-order valence-electron chi connectivity index (χ2n) is 23.8. The highest BCUT2D eigenvalue weighted by Gasteiger charge is 2.23. The van der Waals surface area contributed by atoms with E-state index in [0.717, 1.165) is 70.6 Å². The van der Waals surface area contributed by atoms with Crippen LogP contribution in [0.1, 0.15) is 309 Å². The maximum Gasteiger partial charge on any atom is 0.268 e. The maximum absolute atomic E-state index is 13.0. The van der Waals surface area contributed by atoms with Gasteiger partial charge in [-0.3, -0.25) is 9.36 Å². The van der Waals surface area contributed by atoms with E-state index in [1.54, 1.807) is 6.08 Å². The smallest absolute Gasteiger partial charge is 0.268 e. The van der Waals surface area contributed by atoms with Gasteiger partial charge < -0.3 is 28.8 Å². The molecule has 0 radical (unpaired) electrons. The first-order valence-corrected chi connectivity index (χ1v) is 34.8. The molecule has 0 heterocycles. The van der Waals surface area contributed by atoms with Crippen LogP contribution in [0.25, 0.3) is 0 Å². The Kier molecular flexibility index (Phi) is 58.0. The molecule has 0 saturated heterocycles. The van der Waals surface area contributed by atoms with Crippen LogP contribution >= 0.6 is 7.82 Å². The van der Waals surface area contributed by atoms with Crippen molar-refractivity contribution in [1.29, 1.82) is 0 Å². The zero-order valence-electron chi connectivity index (χ0n) is 52.1. The summed E-state index contributed by atoms with van der Waals surface area (Å²) >= 11 is 0. The normalized spacial score (nSPS) is 14.2. The first-order valence-electron chi connectivity index (χ1n) is 33.3. The zero-order chi connectivity index (χ0) is 57.0. The van der Waals surface area contributed by atoms with Crippen LogP contribution < -0.4 is 10.2 Å². The van der Waals surface area contributed by atoms with E-state index in [2.05, 4.69) is 79.9 Å². The van der Waals surface area contributed by atoms with Gasteiger partial charge in [0.05, 0.1) is 39.9 Å². The standard InChI is InChI=1S/C69H129N2O6P/c1-6-8-10-12-14-16-18-20-22-24-26-28-30-32-34-35-37-38-40-42-44-46-48-50-52-54-56-58-60-62-68(72)67(66-77-78(74,75)76-65-64-71(3,4)5)70-69(73)63-61-59-57-55-53-51-49-47-45-43-41-39-36-33-31-29-27-25-23-21-19-17-15-13-11-9-7-2/h9,11,15,17,21,23,27,29,33,36,60,62,67-68,72H,6-8,10,12-14,16,18-20,22,24-26,28,30-32,34-35,37-59,61,63-66H2,1-5H3,(H-,70,73,74,75)/b11-9-,17-15-,23-21-,29-27-,36-33-,62-60+. The van der Waals surface area contributed by atoms with Crippen molar-refractivity contribution in [1.82, 2.24) is 5.32 Å². The molecule has 0 aromatic carbocycles. The predicted octanol–water partition coefficient (Wildman–Crippen LogP) is 20.4. The number of aliphatic hydroxyl groups is 1. The number of carbonyl (C=O) groups excluding carboxylic acids is 1. The zero-order valence-corrected chi connectivity index (χ0v) is 53.0. The molecule has 0 aliphatic rings. The topological polar surface area (TPSA) is 108 Å². The van der Waals surface area contributed by atoms with Gasteiger partial charge in [-0.25, -0.2) is 0 Å². The summed E-state index contributed by atoms with van der Waals surface area (Å²) < 4.78 is 23.4. The Balaban J connectivity index is 4.12. The Morgan fingerprint density at radius 2 is 0.782 bits per heavy atom. The molecule has 1 amide bonds. The Labute approximate surface area is 484 Å². The number of rotatable bonds is 61. The Hall–Kier alpha value is -2.06. The highest BCUT2D eigenvalue weighted by Crippen LogP contribution is 2.38. The quantitative estimate of drug-likeness (QED) is 0.0272. The molecule has 0 aromatic rings. The van der Waals surface area contributed by atoms with Gasteiger partial charge in [0.15, 0.2) is 0 Å². The summed E-state index contributed by atoms with van der Waals surface area (Å²) in [7, 11) is 1.26. The van der Waals surface area contributed by atoms with E-state index in [9.17, 15) is 19.4 Å². The average molecular weight is 1110 g/mol. The van der Waals surface area contributed by atoms with Crippen molar-refractivity contribution in [3.05, 3.63) is 72.9 Å². The number of phosphoric acid groups is 1. The number of quaternary nitrogens is 1. The van der Waals surface area contributed by atoms with Gasteiger partial charge in [-0.2, -0.15) is 0 Å². The highest BCUT2D eigenvalue weighted by atomic mass is 31.2. The van der Waals surface area contributed by atoms with Crippen molar-refractivity contribution in [2.24, 2.45) is 0 Å². The number of nitrogens with one attached hydrogen (secondary N) is 1. The van der Waals surface area contributed by atoms with Crippen molar-refractivity contribution >= 4 is 13.7 Å². The number of hydrogen-bond acceptors (Lipinski definition) is 6. The van der Waals surface area contributed by atoms with Crippen LogP contribution in [0, 0.1) is 0 Å². The SMILES string of the molecule is CC/C=C\C/C=C\C/C=C\C/C=C\C/C=C\CCCCCCCCCCCCCC(=O)NC(COP(=O)([O-])OCC[N+](C)(C)C)C(O)/C=C/CCCCCCCCCCCCCCCCCCCCCCCCCCCCC. The minimum atomic E-state index is -4.61. The number of nitrogens with zero attached hydrogens (tertiary/aromatic N) is 1. The van der Waals surface area contributed by atoms with Crippen molar-refractivity contribution in [3.63, 3.8) is 0 Å². The molecule has 0 bridgehead atoms. The molecule has 0 rings (SSSR count). The van der Waals surface area contributed by atoms with Crippen LogP contribution in [0.2, 0.25) is 0 Å². The number of allylic oxidation sites excluding steroid dienone is 11. The molecule has 456 valence electrons. The Morgan fingerprint density at radius 3 is 1.14 bits per heavy atom. The van der Waals surface area contributed by atoms with Crippen molar-refractivity contribution in [2.45, 2.75) is 321 Å². The molecule has 78 heavy (non-hydrogen) atoms. The summed E-state index contributed by atoms with van der Waals surface area (Å²) in [4.78, 5) is 25.6. The molecule has 0 saturated carbocycles. The minimum Gasteiger partial charge on any atom is -0.756 e. The Morgan fingerprint density at radius 1 is 0.462 bits per heavy atom. The van der Waals surface area contributed by atoms with E-state index in [1.807, 2.05) is 27.2 Å². The first kappa shape index (κ1) is 75.9. The predicted molar refractivity (Wildman–Crippen MR) is 339 cm³/mol. The van der Waals surface area contributed by atoms with E-state index >= 15 is 0 Å². The van der Waals surface area contributed by atoms with Crippen LogP contribution in [0.5, 0.6) is 0 Å². The third-order valence-corrected chi connectivity index (χ3v) is 15.9. The number of aliphatic hydroxyl groups excluding tert-OH is 1. The van der Waals surface area contributed by atoms with Crippen LogP contribution in [-0.4, -0.2) is 68.5 Å².